The number of carbonyl (C=O) groups is 2. The summed E-state index contributed by atoms with van der Waals surface area (Å²) >= 11 is 0. The summed E-state index contributed by atoms with van der Waals surface area (Å²) < 4.78 is 1.60. The fraction of sp³-hybridized carbons (Fsp3) is 0.250. The van der Waals surface area contributed by atoms with E-state index in [9.17, 15) is 14.4 Å². The second kappa shape index (κ2) is 5.17. The standard InChI is InChI=1S/C20H17N3O3/c1-22-10-14(12-3-2-4-13(12)20(22)26)11-5-6-15-17(9-11)23-16(19(25)21-15)7-8-18(23)24/h2-3,5-6,9-10,16H,4,7-8H2,1H3,(H,21,25). The van der Waals surface area contributed by atoms with Gasteiger partial charge in [0.1, 0.15) is 6.04 Å². The van der Waals surface area contributed by atoms with Crippen LogP contribution in [0.3, 0.4) is 0 Å². The lowest BCUT2D eigenvalue weighted by molar-refractivity contribution is -0.120. The van der Waals surface area contributed by atoms with Crippen molar-refractivity contribution in [3.8, 4) is 11.1 Å². The highest BCUT2D eigenvalue weighted by Gasteiger charge is 2.41. The Balaban J connectivity index is 1.71. The van der Waals surface area contributed by atoms with Crippen LogP contribution in [-0.2, 0) is 23.1 Å². The maximum Gasteiger partial charge on any atom is 0.254 e. The lowest BCUT2D eigenvalue weighted by atomic mass is 9.97. The lowest BCUT2D eigenvalue weighted by Gasteiger charge is -2.31. The zero-order chi connectivity index (χ0) is 18.0. The first-order chi connectivity index (χ1) is 12.5. The highest BCUT2D eigenvalue weighted by atomic mass is 16.2. The number of fused-ring (bicyclic) bond motifs is 4. The maximum absolute atomic E-state index is 12.3. The van der Waals surface area contributed by atoms with E-state index in [-0.39, 0.29) is 17.4 Å². The molecule has 26 heavy (non-hydrogen) atoms. The van der Waals surface area contributed by atoms with Crippen molar-refractivity contribution in [1.29, 1.82) is 0 Å². The molecule has 1 aliphatic carbocycles. The number of aryl methyl sites for hydroxylation is 1. The number of amides is 2. The Morgan fingerprint density at radius 3 is 2.88 bits per heavy atom. The molecule has 0 saturated carbocycles. The van der Waals surface area contributed by atoms with Gasteiger partial charge in [0.2, 0.25) is 11.8 Å². The summed E-state index contributed by atoms with van der Waals surface area (Å²) in [5.41, 5.74) is 5.04. The third-order valence-electron chi connectivity index (χ3n) is 5.46. The first-order valence-corrected chi connectivity index (χ1v) is 8.71. The number of aromatic nitrogens is 1. The summed E-state index contributed by atoms with van der Waals surface area (Å²) in [5, 5.41) is 2.90. The van der Waals surface area contributed by atoms with E-state index >= 15 is 0 Å². The van der Waals surface area contributed by atoms with Crippen LogP contribution in [0.25, 0.3) is 17.2 Å². The Hall–Kier alpha value is -3.15. The third-order valence-corrected chi connectivity index (χ3v) is 5.46. The van der Waals surface area contributed by atoms with Crippen molar-refractivity contribution in [3.63, 3.8) is 0 Å². The molecule has 5 rings (SSSR count). The minimum absolute atomic E-state index is 0.0196. The van der Waals surface area contributed by atoms with Crippen LogP contribution in [-0.4, -0.2) is 22.4 Å². The topological polar surface area (TPSA) is 71.4 Å². The summed E-state index contributed by atoms with van der Waals surface area (Å²) in [5.74, 6) is -0.143. The van der Waals surface area contributed by atoms with Gasteiger partial charge in [-0.3, -0.25) is 19.3 Å². The second-order valence-electron chi connectivity index (χ2n) is 7.00. The Kier molecular flexibility index (Phi) is 3.01. The molecule has 3 aliphatic rings. The van der Waals surface area contributed by atoms with E-state index in [1.165, 1.54) is 0 Å². The maximum atomic E-state index is 12.3. The molecule has 1 aromatic heterocycles. The summed E-state index contributed by atoms with van der Waals surface area (Å²) in [6, 6.07) is 5.28. The number of anilines is 2. The molecule has 6 nitrogen and oxygen atoms in total. The lowest BCUT2D eigenvalue weighted by Crippen LogP contribution is -2.45. The largest absolute Gasteiger partial charge is 0.322 e. The number of hydrogen-bond donors (Lipinski definition) is 1. The van der Waals surface area contributed by atoms with Crippen molar-refractivity contribution in [1.82, 2.24) is 4.57 Å². The zero-order valence-electron chi connectivity index (χ0n) is 14.3. The van der Waals surface area contributed by atoms with Crippen LogP contribution in [0.5, 0.6) is 0 Å². The van der Waals surface area contributed by atoms with Gasteiger partial charge in [-0.1, -0.05) is 18.2 Å². The summed E-state index contributed by atoms with van der Waals surface area (Å²) in [7, 11) is 1.75. The van der Waals surface area contributed by atoms with Crippen molar-refractivity contribution >= 4 is 29.3 Å². The molecule has 2 amide bonds. The highest BCUT2D eigenvalue weighted by Crippen LogP contribution is 2.40. The fourth-order valence-electron chi connectivity index (χ4n) is 4.18. The van der Waals surface area contributed by atoms with E-state index < -0.39 is 6.04 Å². The van der Waals surface area contributed by atoms with Gasteiger partial charge in [0.25, 0.3) is 5.56 Å². The number of carbonyl (C=O) groups excluding carboxylic acids is 2. The quantitative estimate of drug-likeness (QED) is 0.858. The Labute approximate surface area is 149 Å². The number of benzene rings is 1. The summed E-state index contributed by atoms with van der Waals surface area (Å²) in [6.45, 7) is 0. The molecule has 3 heterocycles. The molecule has 130 valence electrons. The SMILES string of the molecule is Cn1cc(-c2ccc3c(c2)N2C(=O)CCC2C(=O)N3)c2c(c1=O)CC=C2. The molecule has 2 aromatic rings. The molecular weight excluding hydrogens is 330 g/mol. The van der Waals surface area contributed by atoms with Crippen LogP contribution < -0.4 is 15.8 Å². The van der Waals surface area contributed by atoms with Crippen LogP contribution in [0.4, 0.5) is 11.4 Å². The normalized spacial score (nSPS) is 20.0. The van der Waals surface area contributed by atoms with Crippen LogP contribution in [0, 0.1) is 0 Å². The second-order valence-corrected chi connectivity index (χ2v) is 7.00. The first kappa shape index (κ1) is 15.1. The molecule has 1 aromatic carbocycles. The van der Waals surface area contributed by atoms with Crippen LogP contribution in [0.15, 0.2) is 35.3 Å². The molecule has 1 saturated heterocycles. The van der Waals surface area contributed by atoms with Gasteiger partial charge in [-0.2, -0.15) is 0 Å². The van der Waals surface area contributed by atoms with E-state index in [2.05, 4.69) is 5.32 Å². The minimum atomic E-state index is -0.420. The molecule has 2 aliphatic heterocycles. The van der Waals surface area contributed by atoms with Crippen molar-refractivity contribution in [2.75, 3.05) is 10.2 Å². The highest BCUT2D eigenvalue weighted by molar-refractivity contribution is 6.14. The summed E-state index contributed by atoms with van der Waals surface area (Å²) in [6.07, 6.45) is 7.39. The number of nitrogens with zero attached hydrogens (tertiary/aromatic N) is 2. The Morgan fingerprint density at radius 2 is 2.04 bits per heavy atom. The first-order valence-electron chi connectivity index (χ1n) is 8.71. The van der Waals surface area contributed by atoms with E-state index in [0.29, 0.717) is 24.9 Å². The number of allylic oxidation sites excluding steroid dienone is 1. The Bertz CT molecular complexity index is 1080. The number of rotatable bonds is 1. The van der Waals surface area contributed by atoms with E-state index in [1.807, 2.05) is 36.5 Å². The van der Waals surface area contributed by atoms with Gasteiger partial charge in [-0.15, -0.1) is 0 Å². The van der Waals surface area contributed by atoms with E-state index in [4.69, 9.17) is 0 Å². The van der Waals surface area contributed by atoms with E-state index in [0.717, 1.165) is 27.9 Å². The van der Waals surface area contributed by atoms with Crippen molar-refractivity contribution < 1.29 is 9.59 Å². The average Bonchev–Trinajstić information content (AvgIpc) is 3.26. The van der Waals surface area contributed by atoms with Gasteiger partial charge < -0.3 is 9.88 Å². The minimum Gasteiger partial charge on any atom is -0.322 e. The van der Waals surface area contributed by atoms with Crippen LogP contribution in [0.1, 0.15) is 24.0 Å². The molecule has 0 spiro atoms. The van der Waals surface area contributed by atoms with Gasteiger partial charge in [0.05, 0.1) is 11.4 Å². The molecule has 1 fully saturated rings. The van der Waals surface area contributed by atoms with Crippen molar-refractivity contribution in [2.45, 2.75) is 25.3 Å². The van der Waals surface area contributed by atoms with Gasteiger partial charge >= 0.3 is 0 Å². The monoisotopic (exact) mass is 347 g/mol. The zero-order valence-corrected chi connectivity index (χ0v) is 14.3. The third kappa shape index (κ3) is 1.95. The van der Waals surface area contributed by atoms with Gasteiger partial charge in [-0.25, -0.2) is 0 Å². The summed E-state index contributed by atoms with van der Waals surface area (Å²) in [4.78, 5) is 38.5. The number of nitrogens with one attached hydrogen (secondary N) is 1. The van der Waals surface area contributed by atoms with Crippen molar-refractivity contribution in [2.24, 2.45) is 7.05 Å². The number of hydrogen-bond acceptors (Lipinski definition) is 3. The molecule has 1 unspecified atom stereocenters. The van der Waals surface area contributed by atoms with Gasteiger partial charge in [0, 0.05) is 30.8 Å². The average molecular weight is 347 g/mol. The fourth-order valence-corrected chi connectivity index (χ4v) is 4.18. The molecule has 0 radical (unpaired) electrons. The smallest absolute Gasteiger partial charge is 0.254 e. The van der Waals surface area contributed by atoms with E-state index in [1.54, 1.807) is 16.5 Å². The molecule has 6 heteroatoms. The van der Waals surface area contributed by atoms with Crippen molar-refractivity contribution in [3.05, 3.63) is 52.0 Å². The predicted molar refractivity (Wildman–Crippen MR) is 99.0 cm³/mol. The molecule has 1 N–H and O–H groups in total. The predicted octanol–water partition coefficient (Wildman–Crippen LogP) is 2.07. The Morgan fingerprint density at radius 1 is 1.19 bits per heavy atom. The number of pyridine rings is 1. The van der Waals surface area contributed by atoms with Crippen LogP contribution >= 0.6 is 0 Å². The van der Waals surface area contributed by atoms with Gasteiger partial charge in [-0.05, 0) is 36.1 Å². The molecule has 0 bridgehead atoms. The molecule has 1 atom stereocenters. The van der Waals surface area contributed by atoms with Crippen LogP contribution in [0.2, 0.25) is 0 Å². The molecular formula is C20H17N3O3. The van der Waals surface area contributed by atoms with Gasteiger partial charge in [0.15, 0.2) is 0 Å².